The minimum Gasteiger partial charge on any atom is -0.372 e. The van der Waals surface area contributed by atoms with Gasteiger partial charge in [-0.05, 0) is 6.42 Å². The fourth-order valence-electron chi connectivity index (χ4n) is 3.83. The Kier molecular flexibility index (Phi) is 4.04. The number of nitrogens with two attached hydrogens (primary N) is 1. The smallest absolute Gasteiger partial charge is 0.249 e. The van der Waals surface area contributed by atoms with Gasteiger partial charge in [0.1, 0.15) is 5.82 Å². The van der Waals surface area contributed by atoms with Crippen molar-refractivity contribution in [2.45, 2.75) is 37.3 Å². The summed E-state index contributed by atoms with van der Waals surface area (Å²) in [5, 5.41) is 0. The zero-order valence-electron chi connectivity index (χ0n) is 15.3. The largest absolute Gasteiger partial charge is 0.372 e. The summed E-state index contributed by atoms with van der Waals surface area (Å²) < 4.78 is 33.1. The van der Waals surface area contributed by atoms with Crippen LogP contribution in [0.3, 0.4) is 0 Å². The van der Waals surface area contributed by atoms with Gasteiger partial charge in [-0.3, -0.25) is 0 Å². The van der Waals surface area contributed by atoms with Crippen molar-refractivity contribution in [3.05, 3.63) is 18.5 Å². The zero-order chi connectivity index (χ0) is 19.3. The summed E-state index contributed by atoms with van der Waals surface area (Å²) in [6, 6.07) is 2.21. The van der Waals surface area contributed by atoms with Gasteiger partial charge in [-0.25, -0.2) is 23.7 Å². The van der Waals surface area contributed by atoms with E-state index in [2.05, 4.69) is 19.9 Å². The van der Waals surface area contributed by atoms with E-state index in [0.29, 0.717) is 42.8 Å². The lowest BCUT2D eigenvalue weighted by atomic mass is 9.95. The van der Waals surface area contributed by atoms with Crippen molar-refractivity contribution >= 4 is 17.7 Å². The number of alkyl halides is 2. The first-order chi connectivity index (χ1) is 13.5. The summed E-state index contributed by atoms with van der Waals surface area (Å²) in [4.78, 5) is 21.4. The van der Waals surface area contributed by atoms with Gasteiger partial charge in [0.05, 0.1) is 24.4 Å². The Labute approximate surface area is 160 Å². The van der Waals surface area contributed by atoms with Gasteiger partial charge in [-0.1, -0.05) is 0 Å². The number of fused-ring (bicyclic) bond motifs is 1. The number of aromatic nitrogens is 4. The first-order valence-corrected chi connectivity index (χ1v) is 9.46. The summed E-state index contributed by atoms with van der Waals surface area (Å²) >= 11 is 0. The molecule has 8 nitrogen and oxygen atoms in total. The standard InChI is InChI=1S/C18H21F2N7O/c19-18(20)2-1-4-26(5-3-18)17-24-12(11-7-22-16(21)23-8-11)6-15(25-17)27-9-14-13(27)10-28-14/h6-8,13-14H,1-5,9-10H2,(H2,21,22,23)/t13?,14-/m1/s1. The molecular formula is C18H21F2N7O. The highest BCUT2D eigenvalue weighted by Gasteiger charge is 2.48. The lowest BCUT2D eigenvalue weighted by molar-refractivity contribution is -0.113. The molecule has 0 aliphatic carbocycles. The Morgan fingerprint density at radius 1 is 1.14 bits per heavy atom. The van der Waals surface area contributed by atoms with Gasteiger partial charge in [0, 0.05) is 56.5 Å². The van der Waals surface area contributed by atoms with Crippen molar-refractivity contribution in [1.29, 1.82) is 0 Å². The van der Waals surface area contributed by atoms with Crippen molar-refractivity contribution in [1.82, 2.24) is 19.9 Å². The number of rotatable bonds is 3. The van der Waals surface area contributed by atoms with Crippen molar-refractivity contribution in [3.63, 3.8) is 0 Å². The van der Waals surface area contributed by atoms with Crippen LogP contribution in [-0.4, -0.2) is 64.2 Å². The zero-order valence-corrected chi connectivity index (χ0v) is 15.3. The molecule has 3 fully saturated rings. The highest BCUT2D eigenvalue weighted by Crippen LogP contribution is 2.36. The second-order valence-corrected chi connectivity index (χ2v) is 7.53. The Bertz CT molecular complexity index is 879. The second kappa shape index (κ2) is 6.47. The predicted molar refractivity (Wildman–Crippen MR) is 99.4 cm³/mol. The molecule has 0 saturated carbocycles. The maximum Gasteiger partial charge on any atom is 0.249 e. The third-order valence-corrected chi connectivity index (χ3v) is 5.65. The SMILES string of the molecule is Nc1ncc(-c2cc(N3C[C@H]4OCC43)nc(N3CCCC(F)(F)CC3)n2)cn1. The molecule has 10 heteroatoms. The average molecular weight is 389 g/mol. The molecule has 0 spiro atoms. The fourth-order valence-corrected chi connectivity index (χ4v) is 3.83. The van der Waals surface area contributed by atoms with E-state index in [4.69, 9.17) is 15.5 Å². The molecule has 148 valence electrons. The van der Waals surface area contributed by atoms with Crippen LogP contribution in [0.5, 0.6) is 0 Å². The van der Waals surface area contributed by atoms with E-state index in [1.165, 1.54) is 0 Å². The maximum atomic E-state index is 13.8. The van der Waals surface area contributed by atoms with Crippen LogP contribution in [0.1, 0.15) is 19.3 Å². The van der Waals surface area contributed by atoms with Crippen LogP contribution in [0.25, 0.3) is 11.3 Å². The molecule has 3 aliphatic heterocycles. The summed E-state index contributed by atoms with van der Waals surface area (Å²) in [6.45, 7) is 2.19. The Hall–Kier alpha value is -2.62. The molecule has 2 N–H and O–H groups in total. The fraction of sp³-hybridized carbons (Fsp3) is 0.556. The van der Waals surface area contributed by atoms with E-state index < -0.39 is 5.92 Å². The maximum absolute atomic E-state index is 13.8. The molecule has 0 bridgehead atoms. The molecule has 3 aliphatic rings. The molecule has 28 heavy (non-hydrogen) atoms. The van der Waals surface area contributed by atoms with Gasteiger partial charge in [-0.2, -0.15) is 4.98 Å². The number of ether oxygens (including phenoxy) is 1. The summed E-state index contributed by atoms with van der Waals surface area (Å²) in [6.07, 6.45) is 3.60. The molecule has 0 amide bonds. The normalized spacial score (nSPS) is 26.1. The monoisotopic (exact) mass is 389 g/mol. The molecule has 2 aromatic heterocycles. The topological polar surface area (TPSA) is 93.3 Å². The van der Waals surface area contributed by atoms with Crippen LogP contribution in [-0.2, 0) is 4.74 Å². The number of morpholine rings is 1. The van der Waals surface area contributed by atoms with Gasteiger partial charge in [0.2, 0.25) is 17.8 Å². The highest BCUT2D eigenvalue weighted by atomic mass is 19.3. The van der Waals surface area contributed by atoms with E-state index >= 15 is 0 Å². The van der Waals surface area contributed by atoms with E-state index in [-0.39, 0.29) is 31.4 Å². The quantitative estimate of drug-likeness (QED) is 0.848. The summed E-state index contributed by atoms with van der Waals surface area (Å²) in [5.74, 6) is -1.21. The molecule has 1 unspecified atom stereocenters. The Morgan fingerprint density at radius 2 is 1.96 bits per heavy atom. The molecule has 0 aromatic carbocycles. The molecule has 3 saturated heterocycles. The van der Waals surface area contributed by atoms with Gasteiger partial charge in [-0.15, -0.1) is 0 Å². The van der Waals surface area contributed by atoms with Gasteiger partial charge >= 0.3 is 0 Å². The molecule has 5 rings (SSSR count). The molecule has 2 aromatic rings. The highest BCUT2D eigenvalue weighted by molar-refractivity contribution is 5.65. The lowest BCUT2D eigenvalue weighted by Crippen LogP contribution is -2.71. The summed E-state index contributed by atoms with van der Waals surface area (Å²) in [5.41, 5.74) is 6.95. The molecular weight excluding hydrogens is 368 g/mol. The molecule has 0 radical (unpaired) electrons. The summed E-state index contributed by atoms with van der Waals surface area (Å²) in [7, 11) is 0. The number of nitrogens with zero attached hydrogens (tertiary/aromatic N) is 6. The number of anilines is 3. The second-order valence-electron chi connectivity index (χ2n) is 7.53. The van der Waals surface area contributed by atoms with Crippen LogP contribution in [0, 0.1) is 0 Å². The average Bonchev–Trinajstić information content (AvgIpc) is 2.84. The number of hydrogen-bond donors (Lipinski definition) is 1. The Morgan fingerprint density at radius 3 is 2.64 bits per heavy atom. The van der Waals surface area contributed by atoms with Crippen LogP contribution in [0.15, 0.2) is 18.5 Å². The van der Waals surface area contributed by atoms with Crippen molar-refractivity contribution in [3.8, 4) is 11.3 Å². The number of nitrogen functional groups attached to an aromatic ring is 1. The van der Waals surface area contributed by atoms with Crippen molar-refractivity contribution in [2.24, 2.45) is 0 Å². The van der Waals surface area contributed by atoms with Gasteiger partial charge < -0.3 is 20.3 Å². The predicted octanol–water partition coefficient (Wildman–Crippen LogP) is 1.73. The minimum absolute atomic E-state index is 0.102. The minimum atomic E-state index is -2.63. The Balaban J connectivity index is 1.50. The molecule has 2 atom stereocenters. The third kappa shape index (κ3) is 3.11. The van der Waals surface area contributed by atoms with Crippen molar-refractivity contribution in [2.75, 3.05) is 41.8 Å². The number of hydrogen-bond acceptors (Lipinski definition) is 8. The first-order valence-electron chi connectivity index (χ1n) is 9.46. The third-order valence-electron chi connectivity index (χ3n) is 5.65. The molecule has 5 heterocycles. The van der Waals surface area contributed by atoms with E-state index in [1.807, 2.05) is 11.0 Å². The number of halogens is 2. The van der Waals surface area contributed by atoms with Gasteiger partial charge in [0.15, 0.2) is 0 Å². The van der Waals surface area contributed by atoms with Crippen LogP contribution >= 0.6 is 0 Å². The van der Waals surface area contributed by atoms with E-state index in [0.717, 1.165) is 12.4 Å². The lowest BCUT2D eigenvalue weighted by Gasteiger charge is -2.55. The van der Waals surface area contributed by atoms with Crippen molar-refractivity contribution < 1.29 is 13.5 Å². The van der Waals surface area contributed by atoms with Crippen LogP contribution in [0.2, 0.25) is 0 Å². The van der Waals surface area contributed by atoms with Gasteiger partial charge in [0.25, 0.3) is 0 Å². The van der Waals surface area contributed by atoms with Crippen LogP contribution in [0.4, 0.5) is 26.5 Å². The van der Waals surface area contributed by atoms with E-state index in [1.54, 1.807) is 12.4 Å². The first kappa shape index (κ1) is 17.5. The van der Waals surface area contributed by atoms with E-state index in [9.17, 15) is 8.78 Å². The van der Waals surface area contributed by atoms with Crippen LogP contribution < -0.4 is 15.5 Å².